The van der Waals surface area contributed by atoms with Gasteiger partial charge in [-0.3, -0.25) is 14.8 Å². The zero-order valence-corrected chi connectivity index (χ0v) is 17.7. The maximum atomic E-state index is 13.0. The van der Waals surface area contributed by atoms with E-state index in [4.69, 9.17) is 12.2 Å². The third-order valence-corrected chi connectivity index (χ3v) is 5.58. The lowest BCUT2D eigenvalue weighted by atomic mass is 10.2. The minimum Gasteiger partial charge on any atom is -0.332 e. The predicted octanol–water partition coefficient (Wildman–Crippen LogP) is 4.15. The maximum Gasteiger partial charge on any atom is 0.261 e. The van der Waals surface area contributed by atoms with Crippen LogP contribution in [0.25, 0.3) is 6.08 Å². The summed E-state index contributed by atoms with van der Waals surface area (Å²) in [4.78, 5) is 12.0. The van der Waals surface area contributed by atoms with Crippen molar-refractivity contribution in [2.75, 3.05) is 10.0 Å². The summed E-state index contributed by atoms with van der Waals surface area (Å²) in [6.07, 6.45) is 3.02. The predicted molar refractivity (Wildman–Crippen MR) is 123 cm³/mol. The Morgan fingerprint density at radius 2 is 1.48 bits per heavy atom. The van der Waals surface area contributed by atoms with Gasteiger partial charge < -0.3 is 5.32 Å². The molecule has 0 saturated heterocycles. The van der Waals surface area contributed by atoms with Crippen LogP contribution >= 0.6 is 12.2 Å². The molecule has 31 heavy (non-hydrogen) atoms. The normalized spacial score (nSPS) is 11.1. The number of amides is 1. The molecule has 0 aliphatic rings. The van der Waals surface area contributed by atoms with Crippen LogP contribution in [0.4, 0.5) is 15.8 Å². The maximum absolute atomic E-state index is 13.0. The molecule has 0 aliphatic carbocycles. The number of hydrogen-bond donors (Lipinski definition) is 3. The Labute approximate surface area is 184 Å². The average molecular weight is 456 g/mol. The molecule has 0 aromatic heterocycles. The van der Waals surface area contributed by atoms with Gasteiger partial charge in [0.05, 0.1) is 4.90 Å². The number of nitrogens with one attached hydrogen (secondary N) is 3. The molecule has 0 bridgehead atoms. The molecule has 0 unspecified atom stereocenters. The number of rotatable bonds is 6. The van der Waals surface area contributed by atoms with Crippen molar-refractivity contribution in [2.45, 2.75) is 4.90 Å². The second-order valence-electron chi connectivity index (χ2n) is 6.32. The summed E-state index contributed by atoms with van der Waals surface area (Å²) in [6, 6.07) is 20.1. The molecular formula is C22H18FN3O3S2. The van der Waals surface area contributed by atoms with Crippen molar-refractivity contribution >= 4 is 50.7 Å². The molecule has 0 spiro atoms. The van der Waals surface area contributed by atoms with Crippen LogP contribution in [0.3, 0.4) is 0 Å². The van der Waals surface area contributed by atoms with Gasteiger partial charge in [0, 0.05) is 17.5 Å². The fourth-order valence-electron chi connectivity index (χ4n) is 2.50. The number of hydrogen-bond acceptors (Lipinski definition) is 4. The van der Waals surface area contributed by atoms with E-state index in [1.165, 1.54) is 42.5 Å². The lowest BCUT2D eigenvalue weighted by Crippen LogP contribution is -2.32. The number of anilines is 2. The Kier molecular flexibility index (Phi) is 7.11. The summed E-state index contributed by atoms with van der Waals surface area (Å²) >= 11 is 5.11. The van der Waals surface area contributed by atoms with Crippen molar-refractivity contribution in [3.8, 4) is 0 Å². The SMILES string of the molecule is O=C(C=Cc1ccccc1)NC(=S)Nc1ccc(S(=O)(=O)Nc2ccc(F)cc2)cc1. The summed E-state index contributed by atoms with van der Waals surface area (Å²) in [6.45, 7) is 0. The fourth-order valence-corrected chi connectivity index (χ4v) is 3.78. The van der Waals surface area contributed by atoms with Gasteiger partial charge in [0.1, 0.15) is 5.82 Å². The first-order valence-corrected chi connectivity index (χ1v) is 10.9. The minimum absolute atomic E-state index is 0.0168. The van der Waals surface area contributed by atoms with Crippen LogP contribution in [0.15, 0.2) is 89.8 Å². The number of carbonyl (C=O) groups is 1. The zero-order chi connectivity index (χ0) is 22.3. The second kappa shape index (κ2) is 9.96. The summed E-state index contributed by atoms with van der Waals surface area (Å²) in [5.41, 5.74) is 1.62. The topological polar surface area (TPSA) is 87.3 Å². The van der Waals surface area contributed by atoms with Crippen molar-refractivity contribution in [2.24, 2.45) is 0 Å². The van der Waals surface area contributed by atoms with Gasteiger partial charge in [-0.05, 0) is 72.4 Å². The second-order valence-corrected chi connectivity index (χ2v) is 8.41. The smallest absolute Gasteiger partial charge is 0.261 e. The molecule has 0 radical (unpaired) electrons. The largest absolute Gasteiger partial charge is 0.332 e. The highest BCUT2D eigenvalue weighted by Gasteiger charge is 2.14. The molecule has 3 aromatic carbocycles. The van der Waals surface area contributed by atoms with Crippen LogP contribution in [0.1, 0.15) is 5.56 Å². The molecule has 158 valence electrons. The number of benzene rings is 3. The van der Waals surface area contributed by atoms with E-state index in [9.17, 15) is 17.6 Å². The highest BCUT2D eigenvalue weighted by molar-refractivity contribution is 7.92. The molecule has 0 fully saturated rings. The lowest BCUT2D eigenvalue weighted by molar-refractivity contribution is -0.115. The van der Waals surface area contributed by atoms with Gasteiger partial charge in [-0.25, -0.2) is 12.8 Å². The van der Waals surface area contributed by atoms with Crippen LogP contribution < -0.4 is 15.4 Å². The summed E-state index contributed by atoms with van der Waals surface area (Å²) in [7, 11) is -3.84. The fraction of sp³-hybridized carbons (Fsp3) is 0. The van der Waals surface area contributed by atoms with E-state index in [1.54, 1.807) is 6.08 Å². The van der Waals surface area contributed by atoms with Crippen LogP contribution in [-0.4, -0.2) is 19.4 Å². The van der Waals surface area contributed by atoms with E-state index in [2.05, 4.69) is 15.4 Å². The molecule has 6 nitrogen and oxygen atoms in total. The van der Waals surface area contributed by atoms with Crippen molar-refractivity contribution < 1.29 is 17.6 Å². The number of sulfonamides is 1. The van der Waals surface area contributed by atoms with Crippen LogP contribution in [0.2, 0.25) is 0 Å². The van der Waals surface area contributed by atoms with Crippen LogP contribution in [0, 0.1) is 5.82 Å². The lowest BCUT2D eigenvalue weighted by Gasteiger charge is -2.10. The van der Waals surface area contributed by atoms with Crippen molar-refractivity contribution in [3.63, 3.8) is 0 Å². The van der Waals surface area contributed by atoms with E-state index < -0.39 is 21.7 Å². The van der Waals surface area contributed by atoms with Gasteiger partial charge >= 0.3 is 0 Å². The Morgan fingerprint density at radius 3 is 2.13 bits per heavy atom. The molecule has 3 N–H and O–H groups in total. The molecule has 0 saturated carbocycles. The molecule has 0 aliphatic heterocycles. The molecule has 3 rings (SSSR count). The standard InChI is InChI=1S/C22H18FN3O3S2/c23-17-7-9-19(10-8-17)26-31(28,29)20-13-11-18(12-14-20)24-22(30)25-21(27)15-6-16-4-2-1-3-5-16/h1-15,26H,(H2,24,25,27,30). The van der Waals surface area contributed by atoms with E-state index >= 15 is 0 Å². The van der Waals surface area contributed by atoms with Gasteiger partial charge in [-0.15, -0.1) is 0 Å². The molecular weight excluding hydrogens is 437 g/mol. The van der Waals surface area contributed by atoms with Crippen molar-refractivity contribution in [3.05, 3.63) is 96.3 Å². The first kappa shape index (κ1) is 22.1. The molecule has 3 aromatic rings. The quantitative estimate of drug-likeness (QED) is 0.384. The molecule has 0 atom stereocenters. The van der Waals surface area contributed by atoms with E-state index in [1.807, 2.05) is 30.3 Å². The van der Waals surface area contributed by atoms with Gasteiger partial charge in [-0.2, -0.15) is 0 Å². The van der Waals surface area contributed by atoms with Crippen LogP contribution in [0.5, 0.6) is 0 Å². The number of carbonyl (C=O) groups excluding carboxylic acids is 1. The monoisotopic (exact) mass is 455 g/mol. The van der Waals surface area contributed by atoms with Crippen molar-refractivity contribution in [1.82, 2.24) is 5.32 Å². The Bertz CT molecular complexity index is 1200. The molecule has 0 heterocycles. The Morgan fingerprint density at radius 1 is 0.871 bits per heavy atom. The third-order valence-electron chi connectivity index (χ3n) is 3.98. The van der Waals surface area contributed by atoms with Gasteiger partial charge in [0.25, 0.3) is 10.0 Å². The summed E-state index contributed by atoms with van der Waals surface area (Å²) in [5.74, 6) is -0.860. The van der Waals surface area contributed by atoms with Gasteiger partial charge in [-0.1, -0.05) is 30.3 Å². The Balaban J connectivity index is 1.57. The number of halogens is 1. The zero-order valence-electron chi connectivity index (χ0n) is 16.1. The highest BCUT2D eigenvalue weighted by atomic mass is 32.2. The minimum atomic E-state index is -3.84. The van der Waals surface area contributed by atoms with Gasteiger partial charge in [0.15, 0.2) is 5.11 Å². The third kappa shape index (κ3) is 6.73. The van der Waals surface area contributed by atoms with E-state index in [0.29, 0.717) is 5.69 Å². The summed E-state index contributed by atoms with van der Waals surface area (Å²) in [5, 5.41) is 5.40. The highest BCUT2D eigenvalue weighted by Crippen LogP contribution is 2.18. The first-order valence-electron chi connectivity index (χ1n) is 9.05. The van der Waals surface area contributed by atoms with E-state index in [0.717, 1.165) is 17.7 Å². The molecule has 9 heteroatoms. The Hall–Kier alpha value is -3.56. The molecule has 1 amide bonds. The number of thiocarbonyl (C=S) groups is 1. The average Bonchev–Trinajstić information content (AvgIpc) is 2.75. The van der Waals surface area contributed by atoms with Crippen LogP contribution in [-0.2, 0) is 14.8 Å². The van der Waals surface area contributed by atoms with E-state index in [-0.39, 0.29) is 15.7 Å². The van der Waals surface area contributed by atoms with Gasteiger partial charge in [0.2, 0.25) is 5.91 Å². The van der Waals surface area contributed by atoms with Crippen molar-refractivity contribution in [1.29, 1.82) is 0 Å². The summed E-state index contributed by atoms with van der Waals surface area (Å²) < 4.78 is 40.2. The first-order chi connectivity index (χ1) is 14.8.